The molecule has 0 saturated heterocycles. The van der Waals surface area contributed by atoms with Crippen molar-refractivity contribution in [2.24, 2.45) is 0 Å². The van der Waals surface area contributed by atoms with Crippen LogP contribution in [0.2, 0.25) is 0 Å². The van der Waals surface area contributed by atoms with Crippen LogP contribution in [0.25, 0.3) is 0 Å². The summed E-state index contributed by atoms with van der Waals surface area (Å²) in [6.45, 7) is 9.42. The zero-order valence-corrected chi connectivity index (χ0v) is 12.8. The van der Waals surface area contributed by atoms with Gasteiger partial charge in [0.05, 0.1) is 5.69 Å². The van der Waals surface area contributed by atoms with Gasteiger partial charge in [0.1, 0.15) is 0 Å². The third kappa shape index (κ3) is 3.67. The molecule has 0 aliphatic carbocycles. The Morgan fingerprint density at radius 3 is 2.70 bits per heavy atom. The van der Waals surface area contributed by atoms with Gasteiger partial charge in [-0.2, -0.15) is 5.10 Å². The Hall–Kier alpha value is -1.68. The Balaban J connectivity index is 2.16. The highest BCUT2D eigenvalue weighted by atomic mass is 15.3. The zero-order valence-electron chi connectivity index (χ0n) is 12.8. The fourth-order valence-corrected chi connectivity index (χ4v) is 2.31. The van der Waals surface area contributed by atoms with Crippen molar-refractivity contribution in [3.8, 4) is 0 Å². The number of nitrogens with zero attached hydrogens (tertiary/aromatic N) is 3. The lowest BCUT2D eigenvalue weighted by Gasteiger charge is -2.17. The summed E-state index contributed by atoms with van der Waals surface area (Å²) in [7, 11) is 0. The Morgan fingerprint density at radius 1 is 1.30 bits per heavy atom. The lowest BCUT2D eigenvalue weighted by molar-refractivity contribution is 0.506. The van der Waals surface area contributed by atoms with Crippen LogP contribution in [0.15, 0.2) is 30.7 Å². The average Bonchev–Trinajstić information content (AvgIpc) is 2.87. The van der Waals surface area contributed by atoms with Crippen LogP contribution in [0.5, 0.6) is 0 Å². The molecule has 1 atom stereocenters. The first-order chi connectivity index (χ1) is 9.60. The van der Waals surface area contributed by atoms with E-state index in [0.29, 0.717) is 6.04 Å². The summed E-state index contributed by atoms with van der Waals surface area (Å²) in [5, 5.41) is 8.16. The molecule has 0 aromatic carbocycles. The molecule has 0 spiro atoms. The van der Waals surface area contributed by atoms with E-state index >= 15 is 0 Å². The number of rotatable bonds is 6. The maximum Gasteiger partial charge on any atom is 0.0643 e. The van der Waals surface area contributed by atoms with Gasteiger partial charge in [-0.05, 0) is 44.5 Å². The molecule has 0 bridgehead atoms. The number of nitrogens with one attached hydrogen (secondary N) is 1. The van der Waals surface area contributed by atoms with Gasteiger partial charge in [-0.3, -0.25) is 9.67 Å². The van der Waals surface area contributed by atoms with Crippen LogP contribution >= 0.6 is 0 Å². The molecule has 2 aromatic heterocycles. The highest BCUT2D eigenvalue weighted by Gasteiger charge is 2.14. The molecule has 0 amide bonds. The van der Waals surface area contributed by atoms with E-state index in [1.165, 1.54) is 11.1 Å². The Bertz CT molecular complexity index is 545. The molecular weight excluding hydrogens is 248 g/mol. The first-order valence-corrected chi connectivity index (χ1v) is 7.29. The summed E-state index contributed by atoms with van der Waals surface area (Å²) in [5.74, 6) is 0. The predicted molar refractivity (Wildman–Crippen MR) is 81.7 cm³/mol. The van der Waals surface area contributed by atoms with Crippen molar-refractivity contribution in [3.05, 3.63) is 47.5 Å². The molecule has 0 aliphatic rings. The molecule has 4 nitrogen and oxygen atoms in total. The van der Waals surface area contributed by atoms with E-state index in [4.69, 9.17) is 0 Å². The quantitative estimate of drug-likeness (QED) is 0.879. The van der Waals surface area contributed by atoms with Crippen molar-refractivity contribution >= 4 is 0 Å². The summed E-state index contributed by atoms with van der Waals surface area (Å²) in [4.78, 5) is 4.30. The largest absolute Gasteiger partial charge is 0.310 e. The first-order valence-electron chi connectivity index (χ1n) is 7.29. The summed E-state index contributed by atoms with van der Waals surface area (Å²) in [6.07, 6.45) is 6.77. The predicted octanol–water partition coefficient (Wildman–Crippen LogP) is 3.06. The van der Waals surface area contributed by atoms with Gasteiger partial charge in [0.25, 0.3) is 0 Å². The molecule has 0 saturated carbocycles. The minimum atomic E-state index is 0.267. The molecule has 2 aromatic rings. The number of hydrogen-bond acceptors (Lipinski definition) is 3. The Kier molecular flexibility index (Phi) is 4.90. The summed E-state index contributed by atoms with van der Waals surface area (Å²) in [6, 6.07) is 4.97. The van der Waals surface area contributed by atoms with Crippen LogP contribution < -0.4 is 5.32 Å². The minimum absolute atomic E-state index is 0.267. The molecular formula is C16H24N4. The van der Waals surface area contributed by atoms with E-state index in [-0.39, 0.29) is 6.04 Å². The Morgan fingerprint density at radius 2 is 2.10 bits per heavy atom. The van der Waals surface area contributed by atoms with E-state index in [1.807, 2.05) is 17.1 Å². The van der Waals surface area contributed by atoms with Crippen molar-refractivity contribution in [2.45, 2.75) is 46.2 Å². The normalized spacial score (nSPS) is 12.8. The molecule has 2 heterocycles. The van der Waals surface area contributed by atoms with E-state index in [1.54, 1.807) is 0 Å². The van der Waals surface area contributed by atoms with E-state index in [9.17, 15) is 0 Å². The highest BCUT2D eigenvalue weighted by molar-refractivity contribution is 5.22. The molecule has 108 valence electrons. The molecule has 0 aliphatic heterocycles. The topological polar surface area (TPSA) is 42.7 Å². The monoisotopic (exact) mass is 272 g/mol. The second-order valence-electron chi connectivity index (χ2n) is 5.49. The van der Waals surface area contributed by atoms with Crippen molar-refractivity contribution in [3.63, 3.8) is 0 Å². The fraction of sp³-hybridized carbons (Fsp3) is 0.500. The number of hydrogen-bond donors (Lipinski definition) is 1. The standard InChI is InChI=1S/C16H24N4/c1-5-18-16(14-8-13(4)10-17-11-14)9-15-6-7-20(19-15)12(2)3/h6-8,10-12,16,18H,5,9H2,1-4H3. The maximum absolute atomic E-state index is 4.64. The summed E-state index contributed by atoms with van der Waals surface area (Å²) < 4.78 is 2.01. The summed E-state index contributed by atoms with van der Waals surface area (Å²) >= 11 is 0. The van der Waals surface area contributed by atoms with Crippen molar-refractivity contribution < 1.29 is 0 Å². The smallest absolute Gasteiger partial charge is 0.0643 e. The van der Waals surface area contributed by atoms with Gasteiger partial charge in [-0.15, -0.1) is 0 Å². The fourth-order valence-electron chi connectivity index (χ4n) is 2.31. The van der Waals surface area contributed by atoms with Crippen molar-refractivity contribution in [2.75, 3.05) is 6.54 Å². The van der Waals surface area contributed by atoms with Crippen molar-refractivity contribution in [1.29, 1.82) is 0 Å². The average molecular weight is 272 g/mol. The van der Waals surface area contributed by atoms with Crippen LogP contribution in [0.3, 0.4) is 0 Å². The molecule has 0 radical (unpaired) electrons. The summed E-state index contributed by atoms with van der Waals surface area (Å²) in [5.41, 5.74) is 3.54. The van der Waals surface area contributed by atoms with Gasteiger partial charge >= 0.3 is 0 Å². The number of likely N-dealkylation sites (N-methyl/N-ethyl adjacent to an activating group) is 1. The van der Waals surface area contributed by atoms with Gasteiger partial charge in [-0.25, -0.2) is 0 Å². The zero-order chi connectivity index (χ0) is 14.5. The van der Waals surface area contributed by atoms with Crippen LogP contribution in [-0.4, -0.2) is 21.3 Å². The second-order valence-corrected chi connectivity index (χ2v) is 5.49. The molecule has 1 unspecified atom stereocenters. The van der Waals surface area contributed by atoms with Crippen LogP contribution in [0.4, 0.5) is 0 Å². The highest BCUT2D eigenvalue weighted by Crippen LogP contribution is 2.18. The second kappa shape index (κ2) is 6.66. The third-order valence-electron chi connectivity index (χ3n) is 3.35. The van der Waals surface area contributed by atoms with E-state index in [2.05, 4.69) is 61.4 Å². The molecule has 4 heteroatoms. The molecule has 1 N–H and O–H groups in total. The van der Waals surface area contributed by atoms with Gasteiger partial charge in [0, 0.05) is 37.1 Å². The number of pyridine rings is 1. The lowest BCUT2D eigenvalue weighted by atomic mass is 10.0. The maximum atomic E-state index is 4.64. The van der Waals surface area contributed by atoms with Crippen molar-refractivity contribution in [1.82, 2.24) is 20.1 Å². The van der Waals surface area contributed by atoms with Crippen LogP contribution in [-0.2, 0) is 6.42 Å². The molecule has 2 rings (SSSR count). The Labute approximate surface area is 121 Å². The SMILES string of the molecule is CCNC(Cc1ccn(C(C)C)n1)c1cncc(C)c1. The van der Waals surface area contributed by atoms with Gasteiger partial charge in [0.15, 0.2) is 0 Å². The van der Waals surface area contributed by atoms with E-state index in [0.717, 1.165) is 18.7 Å². The third-order valence-corrected chi connectivity index (χ3v) is 3.35. The minimum Gasteiger partial charge on any atom is -0.310 e. The van der Waals surface area contributed by atoms with Crippen LogP contribution in [0.1, 0.15) is 49.7 Å². The van der Waals surface area contributed by atoms with E-state index < -0.39 is 0 Å². The van der Waals surface area contributed by atoms with Gasteiger partial charge < -0.3 is 5.32 Å². The number of aryl methyl sites for hydroxylation is 1. The molecule has 0 fully saturated rings. The van der Waals surface area contributed by atoms with Crippen LogP contribution in [0, 0.1) is 6.92 Å². The van der Waals surface area contributed by atoms with Gasteiger partial charge in [-0.1, -0.05) is 13.0 Å². The first kappa shape index (κ1) is 14.7. The van der Waals surface area contributed by atoms with Gasteiger partial charge in [0.2, 0.25) is 0 Å². The number of aromatic nitrogens is 3. The molecule has 20 heavy (non-hydrogen) atoms. The lowest BCUT2D eigenvalue weighted by Crippen LogP contribution is -2.23.